The van der Waals surface area contributed by atoms with Crippen molar-refractivity contribution >= 4 is 21.9 Å². The molecule has 6 heteroatoms. The normalized spacial score (nSPS) is 10.6. The number of pyridine rings is 1. The van der Waals surface area contributed by atoms with Crippen molar-refractivity contribution in [3.63, 3.8) is 0 Å². The van der Waals surface area contributed by atoms with Crippen molar-refractivity contribution in [2.75, 3.05) is 0 Å². The van der Waals surface area contributed by atoms with E-state index in [0.717, 1.165) is 6.07 Å². The number of aromatic carboxylic acids is 1. The molecule has 1 aromatic heterocycles. The molecule has 0 aliphatic rings. The van der Waals surface area contributed by atoms with Crippen LogP contribution in [-0.4, -0.2) is 16.1 Å². The van der Waals surface area contributed by atoms with E-state index in [2.05, 4.69) is 20.9 Å². The number of aryl methyl sites for hydroxylation is 1. The van der Waals surface area contributed by atoms with Gasteiger partial charge in [-0.3, -0.25) is 0 Å². The molecular formula is C8H6BrF2NO2. The number of alkyl halides is 2. The lowest BCUT2D eigenvalue weighted by molar-refractivity contribution is 0.0677. The van der Waals surface area contributed by atoms with E-state index in [-0.39, 0.29) is 4.60 Å². The van der Waals surface area contributed by atoms with E-state index >= 15 is 0 Å². The summed E-state index contributed by atoms with van der Waals surface area (Å²) >= 11 is 2.98. The highest BCUT2D eigenvalue weighted by Crippen LogP contribution is 2.25. The Kier molecular flexibility index (Phi) is 3.15. The number of carboxylic acids is 1. The molecule has 14 heavy (non-hydrogen) atoms. The summed E-state index contributed by atoms with van der Waals surface area (Å²) in [5, 5.41) is 8.61. The van der Waals surface area contributed by atoms with Crippen LogP contribution in [0.3, 0.4) is 0 Å². The van der Waals surface area contributed by atoms with Crippen LogP contribution >= 0.6 is 15.9 Å². The van der Waals surface area contributed by atoms with Crippen molar-refractivity contribution < 1.29 is 18.7 Å². The van der Waals surface area contributed by atoms with Crippen LogP contribution < -0.4 is 0 Å². The van der Waals surface area contributed by atoms with Gasteiger partial charge in [-0.25, -0.2) is 18.6 Å². The van der Waals surface area contributed by atoms with Gasteiger partial charge in [-0.15, -0.1) is 0 Å². The van der Waals surface area contributed by atoms with Crippen molar-refractivity contribution in [1.82, 2.24) is 4.98 Å². The highest BCUT2D eigenvalue weighted by Gasteiger charge is 2.20. The fourth-order valence-electron chi connectivity index (χ4n) is 0.950. The zero-order valence-corrected chi connectivity index (χ0v) is 8.68. The maximum absolute atomic E-state index is 12.4. The van der Waals surface area contributed by atoms with Crippen LogP contribution in [0.1, 0.15) is 28.0 Å². The first-order chi connectivity index (χ1) is 6.43. The maximum Gasteiger partial charge on any atom is 0.355 e. The Morgan fingerprint density at radius 3 is 2.64 bits per heavy atom. The number of nitrogens with zero attached hydrogens (tertiary/aromatic N) is 1. The predicted molar refractivity (Wildman–Crippen MR) is 48.6 cm³/mol. The van der Waals surface area contributed by atoms with Crippen LogP contribution in [0, 0.1) is 6.92 Å². The zero-order valence-electron chi connectivity index (χ0n) is 7.09. The minimum Gasteiger partial charge on any atom is -0.476 e. The van der Waals surface area contributed by atoms with E-state index in [1.54, 1.807) is 6.92 Å². The van der Waals surface area contributed by atoms with Gasteiger partial charge in [-0.1, -0.05) is 0 Å². The van der Waals surface area contributed by atoms with Crippen molar-refractivity contribution in [1.29, 1.82) is 0 Å². The molecule has 1 N–H and O–H groups in total. The van der Waals surface area contributed by atoms with Crippen LogP contribution in [-0.2, 0) is 0 Å². The average molecular weight is 266 g/mol. The molecule has 0 unspecified atom stereocenters. The van der Waals surface area contributed by atoms with Crippen LogP contribution in [0.5, 0.6) is 0 Å². The lowest BCUT2D eigenvalue weighted by atomic mass is 10.1. The van der Waals surface area contributed by atoms with Crippen molar-refractivity contribution in [3.8, 4) is 0 Å². The van der Waals surface area contributed by atoms with Crippen LogP contribution in [0.15, 0.2) is 10.7 Å². The highest BCUT2D eigenvalue weighted by molar-refractivity contribution is 9.10. The van der Waals surface area contributed by atoms with Gasteiger partial charge in [0.25, 0.3) is 6.43 Å². The smallest absolute Gasteiger partial charge is 0.355 e. The van der Waals surface area contributed by atoms with E-state index in [1.807, 2.05) is 0 Å². The number of rotatable bonds is 2. The van der Waals surface area contributed by atoms with Gasteiger partial charge in [-0.2, -0.15) is 0 Å². The van der Waals surface area contributed by atoms with Crippen LogP contribution in [0.4, 0.5) is 8.78 Å². The summed E-state index contributed by atoms with van der Waals surface area (Å²) in [5.41, 5.74) is -0.694. The summed E-state index contributed by atoms with van der Waals surface area (Å²) in [6.45, 7) is 1.56. The first kappa shape index (κ1) is 11.0. The van der Waals surface area contributed by atoms with E-state index in [9.17, 15) is 13.6 Å². The topological polar surface area (TPSA) is 50.2 Å². The second kappa shape index (κ2) is 4.00. The van der Waals surface area contributed by atoms with E-state index < -0.39 is 23.7 Å². The highest BCUT2D eigenvalue weighted by atomic mass is 79.9. The van der Waals surface area contributed by atoms with Gasteiger partial charge in [0.15, 0.2) is 5.69 Å². The number of carboxylic acid groups (broad SMARTS) is 1. The summed E-state index contributed by atoms with van der Waals surface area (Å²) in [5.74, 6) is -1.46. The van der Waals surface area contributed by atoms with E-state index in [4.69, 9.17) is 5.11 Å². The molecule has 0 atom stereocenters. The maximum atomic E-state index is 12.4. The van der Waals surface area contributed by atoms with Crippen LogP contribution in [0.25, 0.3) is 0 Å². The predicted octanol–water partition coefficient (Wildman–Crippen LogP) is 2.79. The second-order valence-electron chi connectivity index (χ2n) is 2.64. The molecule has 1 aromatic rings. The molecule has 0 amide bonds. The minimum atomic E-state index is -2.83. The monoisotopic (exact) mass is 265 g/mol. The number of hydrogen-bond acceptors (Lipinski definition) is 2. The van der Waals surface area contributed by atoms with Gasteiger partial charge in [0.05, 0.1) is 5.56 Å². The van der Waals surface area contributed by atoms with Crippen LogP contribution in [0.2, 0.25) is 0 Å². The molecule has 0 aliphatic heterocycles. The number of aromatic nitrogens is 1. The molecule has 0 aliphatic carbocycles. The summed E-state index contributed by atoms with van der Waals surface area (Å²) < 4.78 is 25.0. The Morgan fingerprint density at radius 2 is 2.21 bits per heavy atom. The fourth-order valence-corrected chi connectivity index (χ4v) is 1.24. The van der Waals surface area contributed by atoms with Gasteiger partial charge in [-0.05, 0) is 34.5 Å². The zero-order chi connectivity index (χ0) is 10.9. The fraction of sp³-hybridized carbons (Fsp3) is 0.250. The number of hydrogen-bond donors (Lipinski definition) is 1. The quantitative estimate of drug-likeness (QED) is 0.837. The Hall–Kier alpha value is -1.04. The number of carbonyl (C=O) groups is 1. The Bertz CT molecular complexity index is 382. The van der Waals surface area contributed by atoms with Crippen molar-refractivity contribution in [3.05, 3.63) is 27.5 Å². The molecular weight excluding hydrogens is 260 g/mol. The molecule has 0 bridgehead atoms. The van der Waals surface area contributed by atoms with Gasteiger partial charge < -0.3 is 5.11 Å². The van der Waals surface area contributed by atoms with Gasteiger partial charge >= 0.3 is 5.97 Å². The Labute approximate surface area is 86.9 Å². The second-order valence-corrected chi connectivity index (χ2v) is 3.39. The largest absolute Gasteiger partial charge is 0.476 e. The molecule has 1 heterocycles. The molecule has 0 saturated heterocycles. The van der Waals surface area contributed by atoms with E-state index in [1.165, 1.54) is 0 Å². The minimum absolute atomic E-state index is 0.263. The summed E-state index contributed by atoms with van der Waals surface area (Å²) in [7, 11) is 0. The summed E-state index contributed by atoms with van der Waals surface area (Å²) in [6, 6.07) is 1.12. The summed E-state index contributed by atoms with van der Waals surface area (Å²) in [6.07, 6.45) is -2.83. The Balaban J connectivity index is 3.39. The third kappa shape index (κ3) is 2.06. The SMILES string of the molecule is Cc1cc(C(F)F)c(C(=O)O)nc1Br. The van der Waals surface area contributed by atoms with Gasteiger partial charge in [0.2, 0.25) is 0 Å². The summed E-state index contributed by atoms with van der Waals surface area (Å²) in [4.78, 5) is 14.1. The van der Waals surface area contributed by atoms with Gasteiger partial charge in [0, 0.05) is 0 Å². The first-order valence-electron chi connectivity index (χ1n) is 3.62. The third-order valence-corrected chi connectivity index (χ3v) is 2.42. The standard InChI is InChI=1S/C8H6BrF2NO2/c1-3-2-4(7(10)11)5(8(13)14)12-6(3)9/h2,7H,1H3,(H,13,14). The molecule has 1 rings (SSSR count). The Morgan fingerprint density at radius 1 is 1.64 bits per heavy atom. The number of halogens is 3. The molecule has 76 valence electrons. The molecule has 0 aromatic carbocycles. The average Bonchev–Trinajstić information content (AvgIpc) is 2.08. The lowest BCUT2D eigenvalue weighted by Crippen LogP contribution is -2.07. The lowest BCUT2D eigenvalue weighted by Gasteiger charge is -2.06. The van der Waals surface area contributed by atoms with Crippen molar-refractivity contribution in [2.24, 2.45) is 0 Å². The van der Waals surface area contributed by atoms with Crippen molar-refractivity contribution in [2.45, 2.75) is 13.3 Å². The molecule has 0 spiro atoms. The molecule has 3 nitrogen and oxygen atoms in total. The van der Waals surface area contributed by atoms with Gasteiger partial charge in [0.1, 0.15) is 4.60 Å². The molecule has 0 radical (unpaired) electrons. The molecule has 0 fully saturated rings. The van der Waals surface area contributed by atoms with E-state index in [0.29, 0.717) is 5.56 Å². The third-order valence-electron chi connectivity index (χ3n) is 1.62. The first-order valence-corrected chi connectivity index (χ1v) is 4.41. The molecule has 0 saturated carbocycles.